The van der Waals surface area contributed by atoms with Crippen molar-refractivity contribution in [2.75, 3.05) is 25.5 Å². The van der Waals surface area contributed by atoms with Gasteiger partial charge in [0.15, 0.2) is 17.1 Å². The first kappa shape index (κ1) is 26.4. The van der Waals surface area contributed by atoms with Crippen LogP contribution >= 0.6 is 15.9 Å². The molecule has 0 aliphatic carbocycles. The Balaban J connectivity index is 1.75. The Labute approximate surface area is 212 Å². The van der Waals surface area contributed by atoms with Crippen LogP contribution in [0.3, 0.4) is 0 Å². The maximum atomic E-state index is 14.4. The molecule has 1 aromatic heterocycles. The Kier molecular flexibility index (Phi) is 7.07. The molecule has 14 heteroatoms. The van der Waals surface area contributed by atoms with E-state index < -0.39 is 35.0 Å². The lowest BCUT2D eigenvalue weighted by Gasteiger charge is -2.43. The molecule has 0 bridgehead atoms. The Hall–Kier alpha value is -2.69. The normalized spacial score (nSPS) is 16.7. The second kappa shape index (κ2) is 9.64. The zero-order valence-electron chi connectivity index (χ0n) is 18.9. The summed E-state index contributed by atoms with van der Waals surface area (Å²) in [7, 11) is 1.81. The highest BCUT2D eigenvalue weighted by atomic mass is 79.9. The molecule has 0 unspecified atom stereocenters. The van der Waals surface area contributed by atoms with Crippen LogP contribution in [0.4, 0.5) is 15.9 Å². The van der Waals surface area contributed by atoms with Gasteiger partial charge in [-0.1, -0.05) is 15.9 Å². The van der Waals surface area contributed by atoms with E-state index in [4.69, 9.17) is 9.47 Å². The van der Waals surface area contributed by atoms with Crippen LogP contribution in [0.5, 0.6) is 11.5 Å². The quantitative estimate of drug-likeness (QED) is 0.198. The first-order chi connectivity index (χ1) is 16.8. The molecular weight excluding hydrogens is 547 g/mol. The van der Waals surface area contributed by atoms with Crippen molar-refractivity contribution in [2.24, 2.45) is 0 Å². The van der Waals surface area contributed by atoms with Crippen molar-refractivity contribution in [3.63, 3.8) is 0 Å². The average Bonchev–Trinajstić information content (AvgIpc) is 2.77. The summed E-state index contributed by atoms with van der Waals surface area (Å²) in [5, 5.41) is 63.4. The SMILES string of the molecule is CN1CCC(O)(C(O)(O)Oc2cc3ncnc(Nc4ccc(Br)cc4F)c3cc2OC(O)(O)O)CC1. The number of nitrogens with one attached hydrogen (secondary N) is 1. The molecule has 0 spiro atoms. The molecule has 0 amide bonds. The topological polar surface area (TPSA) is 181 Å². The van der Waals surface area contributed by atoms with Crippen LogP contribution < -0.4 is 14.8 Å². The van der Waals surface area contributed by atoms with Crippen LogP contribution in [0.15, 0.2) is 41.1 Å². The molecule has 4 rings (SSSR count). The van der Waals surface area contributed by atoms with Gasteiger partial charge in [0.25, 0.3) is 0 Å². The lowest BCUT2D eigenvalue weighted by atomic mass is 9.89. The van der Waals surface area contributed by atoms with Crippen LogP contribution in [-0.2, 0) is 0 Å². The van der Waals surface area contributed by atoms with E-state index in [2.05, 4.69) is 31.2 Å². The van der Waals surface area contributed by atoms with Crippen molar-refractivity contribution in [3.8, 4) is 11.5 Å². The monoisotopic (exact) mass is 570 g/mol. The second-order valence-corrected chi connectivity index (χ2v) is 9.42. The summed E-state index contributed by atoms with van der Waals surface area (Å²) in [6, 6.07) is 6.54. The molecule has 0 saturated carbocycles. The lowest BCUT2D eigenvalue weighted by Crippen LogP contribution is -2.62. The third kappa shape index (κ3) is 5.66. The van der Waals surface area contributed by atoms with E-state index in [0.717, 1.165) is 18.5 Å². The van der Waals surface area contributed by atoms with Crippen molar-refractivity contribution in [1.82, 2.24) is 14.9 Å². The van der Waals surface area contributed by atoms with Gasteiger partial charge in [-0.2, -0.15) is 0 Å². The molecule has 1 saturated heterocycles. The molecule has 1 fully saturated rings. The number of piperidine rings is 1. The lowest BCUT2D eigenvalue weighted by molar-refractivity contribution is -0.421. The fourth-order valence-electron chi connectivity index (χ4n) is 3.75. The maximum Gasteiger partial charge on any atom is 0.453 e. The van der Waals surface area contributed by atoms with Crippen LogP contribution in [0.2, 0.25) is 0 Å². The Bertz CT molecular complexity index is 1260. The maximum absolute atomic E-state index is 14.4. The molecule has 36 heavy (non-hydrogen) atoms. The number of hydrogen-bond donors (Lipinski definition) is 7. The fraction of sp³-hybridized carbons (Fsp3) is 0.364. The highest BCUT2D eigenvalue weighted by molar-refractivity contribution is 9.10. The largest absolute Gasteiger partial charge is 0.453 e. The van der Waals surface area contributed by atoms with Gasteiger partial charge in [-0.15, -0.1) is 0 Å². The van der Waals surface area contributed by atoms with Crippen LogP contribution in [0.25, 0.3) is 10.9 Å². The number of aromatic nitrogens is 2. The third-order valence-corrected chi connectivity index (χ3v) is 6.30. The van der Waals surface area contributed by atoms with Gasteiger partial charge < -0.3 is 50.3 Å². The van der Waals surface area contributed by atoms with E-state index in [0.29, 0.717) is 17.6 Å². The van der Waals surface area contributed by atoms with Crippen LogP contribution in [0, 0.1) is 5.82 Å². The summed E-state index contributed by atoms with van der Waals surface area (Å²) < 4.78 is 24.9. The van der Waals surface area contributed by atoms with Gasteiger partial charge in [-0.3, -0.25) is 0 Å². The number of benzene rings is 2. The minimum atomic E-state index is -3.68. The number of nitrogens with zero attached hydrogens (tertiary/aromatic N) is 3. The smallest absolute Gasteiger partial charge is 0.433 e. The molecule has 12 nitrogen and oxygen atoms in total. The van der Waals surface area contributed by atoms with Crippen LogP contribution in [-0.4, -0.2) is 83.4 Å². The summed E-state index contributed by atoms with van der Waals surface area (Å²) in [5.74, 6) is -4.72. The van der Waals surface area contributed by atoms with Gasteiger partial charge >= 0.3 is 12.1 Å². The Morgan fingerprint density at radius 2 is 1.69 bits per heavy atom. The fourth-order valence-corrected chi connectivity index (χ4v) is 4.08. The summed E-state index contributed by atoms with van der Waals surface area (Å²) in [4.78, 5) is 10.0. The number of ether oxygens (including phenoxy) is 2. The third-order valence-electron chi connectivity index (χ3n) is 5.80. The van der Waals surface area contributed by atoms with Gasteiger partial charge in [-0.25, -0.2) is 14.4 Å². The summed E-state index contributed by atoms with van der Waals surface area (Å²) in [6.07, 6.45) is -2.61. The van der Waals surface area contributed by atoms with E-state index in [1.54, 1.807) is 13.1 Å². The first-order valence-electron chi connectivity index (χ1n) is 10.7. The van der Waals surface area contributed by atoms with Crippen molar-refractivity contribution in [3.05, 3.63) is 46.9 Å². The number of halogens is 2. The molecule has 2 heterocycles. The molecular formula is C22H24BrFN4O8. The minimum absolute atomic E-state index is 0.0425. The predicted molar refractivity (Wildman–Crippen MR) is 126 cm³/mol. The molecule has 2 aromatic carbocycles. The minimum Gasteiger partial charge on any atom is -0.433 e. The van der Waals surface area contributed by atoms with Crippen molar-refractivity contribution in [2.45, 2.75) is 30.6 Å². The van der Waals surface area contributed by atoms with Gasteiger partial charge in [0.2, 0.25) is 0 Å². The summed E-state index contributed by atoms with van der Waals surface area (Å²) in [5.41, 5.74) is -1.87. The number of rotatable bonds is 7. The zero-order chi connectivity index (χ0) is 26.3. The number of anilines is 2. The van der Waals surface area contributed by atoms with Gasteiger partial charge in [0.1, 0.15) is 18.0 Å². The van der Waals surface area contributed by atoms with E-state index in [1.165, 1.54) is 12.1 Å². The van der Waals surface area contributed by atoms with E-state index >= 15 is 0 Å². The van der Waals surface area contributed by atoms with E-state index in [9.17, 15) is 35.0 Å². The molecule has 194 valence electrons. The van der Waals surface area contributed by atoms with Gasteiger partial charge in [0, 0.05) is 29.0 Å². The van der Waals surface area contributed by atoms with Crippen molar-refractivity contribution in [1.29, 1.82) is 0 Å². The molecule has 3 aromatic rings. The molecule has 1 aliphatic heterocycles. The number of likely N-dealkylation sites (tertiary alicyclic amines) is 1. The van der Waals surface area contributed by atoms with E-state index in [1.807, 2.05) is 4.90 Å². The Morgan fingerprint density at radius 3 is 2.33 bits per heavy atom. The average molecular weight is 571 g/mol. The predicted octanol–water partition coefficient (Wildman–Crippen LogP) is 0.716. The van der Waals surface area contributed by atoms with Gasteiger partial charge in [0.05, 0.1) is 11.2 Å². The van der Waals surface area contributed by atoms with Crippen molar-refractivity contribution >= 4 is 38.3 Å². The number of aliphatic hydroxyl groups is 6. The van der Waals surface area contributed by atoms with Gasteiger partial charge in [-0.05, 0) is 44.2 Å². The second-order valence-electron chi connectivity index (χ2n) is 8.51. The highest BCUT2D eigenvalue weighted by Gasteiger charge is 2.53. The standard InChI is InChI=1S/C22H24BrFN4O8/c1-28-6-4-20(29,5-7-28)21(30,31)35-18-10-16-13(9-17(18)36-22(32,33)34)19(26-11-25-16)27-15-3-2-12(23)8-14(15)24/h2-3,8-11,29-34H,4-7H2,1H3,(H,25,26,27). The molecule has 1 aliphatic rings. The zero-order valence-corrected chi connectivity index (χ0v) is 20.5. The molecule has 7 N–H and O–H groups in total. The summed E-state index contributed by atoms with van der Waals surface area (Å²) in [6.45, 7) is 0.706. The van der Waals surface area contributed by atoms with Crippen molar-refractivity contribution < 1.29 is 44.5 Å². The number of fused-ring (bicyclic) bond motifs is 1. The van der Waals surface area contributed by atoms with E-state index in [-0.39, 0.29) is 35.2 Å². The highest BCUT2D eigenvalue weighted by Crippen LogP contribution is 2.40. The number of hydrogen-bond acceptors (Lipinski definition) is 12. The van der Waals surface area contributed by atoms with Crippen LogP contribution in [0.1, 0.15) is 12.8 Å². The Morgan fingerprint density at radius 1 is 1.03 bits per heavy atom. The molecule has 0 radical (unpaired) electrons. The molecule has 0 atom stereocenters. The summed E-state index contributed by atoms with van der Waals surface area (Å²) >= 11 is 3.17. The first-order valence-corrected chi connectivity index (χ1v) is 11.5.